The molecule has 0 spiro atoms. The van der Waals surface area contributed by atoms with Crippen LogP contribution < -0.4 is 16.0 Å². The summed E-state index contributed by atoms with van der Waals surface area (Å²) in [6.45, 7) is 12.6. The van der Waals surface area contributed by atoms with Crippen LogP contribution in [0.25, 0.3) is 0 Å². The zero-order valence-corrected chi connectivity index (χ0v) is 16.1. The van der Waals surface area contributed by atoms with Crippen LogP contribution in [-0.4, -0.2) is 89.0 Å². The van der Waals surface area contributed by atoms with Crippen molar-refractivity contribution in [1.82, 2.24) is 20.9 Å². The van der Waals surface area contributed by atoms with Crippen LogP contribution in [0.2, 0.25) is 0 Å². The molecule has 0 aliphatic carbocycles. The van der Waals surface area contributed by atoms with E-state index in [-0.39, 0.29) is 12.5 Å². The minimum Gasteiger partial charge on any atom is -0.383 e. The second kappa shape index (κ2) is 12.9. The van der Waals surface area contributed by atoms with Gasteiger partial charge in [-0.05, 0) is 12.8 Å². The van der Waals surface area contributed by atoms with E-state index in [4.69, 9.17) is 9.47 Å². The van der Waals surface area contributed by atoms with Crippen molar-refractivity contribution >= 4 is 11.9 Å². The summed E-state index contributed by atoms with van der Waals surface area (Å²) in [5.74, 6) is 1.08. The number of ether oxygens (including phenoxy) is 2. The van der Waals surface area contributed by atoms with Gasteiger partial charge < -0.3 is 25.4 Å². The molecule has 1 fully saturated rings. The largest absolute Gasteiger partial charge is 0.383 e. The highest BCUT2D eigenvalue weighted by Crippen LogP contribution is 2.12. The monoisotopic (exact) mass is 357 g/mol. The standard InChI is InChI=1S/C17H35N5O3/c1-5-18-17(21-13-16(23)19-6-9-24-4)20-12-15(14(2)3)22-7-10-25-11-8-22/h14-15H,5-13H2,1-4H3,(H,19,23)(H2,18,20,21). The zero-order chi connectivity index (χ0) is 18.5. The first-order valence-electron chi connectivity index (χ1n) is 9.18. The third kappa shape index (κ3) is 9.04. The Morgan fingerprint density at radius 2 is 1.96 bits per heavy atom. The second-order valence-electron chi connectivity index (χ2n) is 6.38. The SMILES string of the molecule is CCNC(=NCC(=O)NCCOC)NCC(C(C)C)N1CCOCC1. The molecule has 1 saturated heterocycles. The number of guanidine groups is 1. The second-order valence-corrected chi connectivity index (χ2v) is 6.38. The number of nitrogens with zero attached hydrogens (tertiary/aromatic N) is 2. The van der Waals surface area contributed by atoms with Gasteiger partial charge in [0.1, 0.15) is 6.54 Å². The molecule has 1 atom stereocenters. The Bertz CT molecular complexity index is 398. The summed E-state index contributed by atoms with van der Waals surface area (Å²) in [6.07, 6.45) is 0. The van der Waals surface area contributed by atoms with Crippen LogP contribution in [0.4, 0.5) is 0 Å². The van der Waals surface area contributed by atoms with Crippen molar-refractivity contribution in [2.75, 3.05) is 66.2 Å². The summed E-state index contributed by atoms with van der Waals surface area (Å²) in [4.78, 5) is 18.6. The van der Waals surface area contributed by atoms with Crippen LogP contribution in [0.3, 0.4) is 0 Å². The molecular weight excluding hydrogens is 322 g/mol. The lowest BCUT2D eigenvalue weighted by atomic mass is 10.0. The van der Waals surface area contributed by atoms with E-state index in [2.05, 4.69) is 39.7 Å². The minimum absolute atomic E-state index is 0.100. The number of methoxy groups -OCH3 is 1. The summed E-state index contributed by atoms with van der Waals surface area (Å²) < 4.78 is 10.4. The fourth-order valence-corrected chi connectivity index (χ4v) is 2.74. The molecule has 1 heterocycles. The van der Waals surface area contributed by atoms with Crippen molar-refractivity contribution < 1.29 is 14.3 Å². The predicted molar refractivity (Wildman–Crippen MR) is 99.9 cm³/mol. The van der Waals surface area contributed by atoms with Gasteiger partial charge in [-0.15, -0.1) is 0 Å². The van der Waals surface area contributed by atoms with Gasteiger partial charge in [-0.1, -0.05) is 13.8 Å². The van der Waals surface area contributed by atoms with Gasteiger partial charge in [0.25, 0.3) is 0 Å². The van der Waals surface area contributed by atoms with E-state index in [1.54, 1.807) is 7.11 Å². The van der Waals surface area contributed by atoms with Crippen molar-refractivity contribution in [3.63, 3.8) is 0 Å². The molecule has 1 amide bonds. The summed E-state index contributed by atoms with van der Waals surface area (Å²) >= 11 is 0. The molecule has 1 unspecified atom stereocenters. The highest BCUT2D eigenvalue weighted by molar-refractivity contribution is 5.84. The maximum atomic E-state index is 11.8. The van der Waals surface area contributed by atoms with Gasteiger partial charge in [-0.2, -0.15) is 0 Å². The zero-order valence-electron chi connectivity index (χ0n) is 16.1. The number of morpholine rings is 1. The van der Waals surface area contributed by atoms with Gasteiger partial charge >= 0.3 is 0 Å². The molecule has 0 aromatic rings. The molecule has 25 heavy (non-hydrogen) atoms. The van der Waals surface area contributed by atoms with Gasteiger partial charge in [-0.3, -0.25) is 9.69 Å². The Hall–Kier alpha value is -1.38. The molecule has 8 nitrogen and oxygen atoms in total. The molecule has 146 valence electrons. The number of aliphatic imine (C=N–C) groups is 1. The summed E-state index contributed by atoms with van der Waals surface area (Å²) in [5.41, 5.74) is 0. The lowest BCUT2D eigenvalue weighted by Gasteiger charge is -2.37. The third-order valence-electron chi connectivity index (χ3n) is 4.12. The van der Waals surface area contributed by atoms with E-state index in [0.29, 0.717) is 31.1 Å². The highest BCUT2D eigenvalue weighted by atomic mass is 16.5. The van der Waals surface area contributed by atoms with Crippen LogP contribution in [0.15, 0.2) is 4.99 Å². The molecule has 3 N–H and O–H groups in total. The first kappa shape index (κ1) is 21.7. The number of rotatable bonds is 10. The van der Waals surface area contributed by atoms with Gasteiger partial charge in [-0.25, -0.2) is 4.99 Å². The summed E-state index contributed by atoms with van der Waals surface area (Å²) in [6, 6.07) is 0.406. The number of hydrogen-bond donors (Lipinski definition) is 3. The highest BCUT2D eigenvalue weighted by Gasteiger charge is 2.23. The molecule has 8 heteroatoms. The van der Waals surface area contributed by atoms with Crippen molar-refractivity contribution in [3.05, 3.63) is 0 Å². The Balaban J connectivity index is 2.50. The number of hydrogen-bond acceptors (Lipinski definition) is 5. The van der Waals surface area contributed by atoms with Gasteiger partial charge in [0.2, 0.25) is 5.91 Å². The summed E-state index contributed by atoms with van der Waals surface area (Å²) in [5, 5.41) is 9.33. The number of carbonyl (C=O) groups is 1. The Morgan fingerprint density at radius 1 is 1.24 bits per heavy atom. The van der Waals surface area contributed by atoms with Crippen molar-refractivity contribution in [3.8, 4) is 0 Å². The van der Waals surface area contributed by atoms with Gasteiger partial charge in [0, 0.05) is 45.9 Å². The molecule has 1 aliphatic heterocycles. The average Bonchev–Trinajstić information content (AvgIpc) is 2.60. The molecule has 0 saturated carbocycles. The maximum absolute atomic E-state index is 11.8. The Morgan fingerprint density at radius 3 is 2.56 bits per heavy atom. The predicted octanol–water partition coefficient (Wildman–Crippen LogP) is -0.339. The number of carbonyl (C=O) groups excluding carboxylic acids is 1. The lowest BCUT2D eigenvalue weighted by molar-refractivity contribution is -0.119. The first-order chi connectivity index (χ1) is 12.1. The minimum atomic E-state index is -0.108. The smallest absolute Gasteiger partial charge is 0.241 e. The van der Waals surface area contributed by atoms with Gasteiger partial charge in [0.05, 0.1) is 19.8 Å². The number of nitrogens with one attached hydrogen (secondary N) is 3. The topological polar surface area (TPSA) is 87.2 Å². The molecule has 1 aliphatic rings. The average molecular weight is 357 g/mol. The summed E-state index contributed by atoms with van der Waals surface area (Å²) in [7, 11) is 1.61. The van der Waals surface area contributed by atoms with Gasteiger partial charge in [0.15, 0.2) is 5.96 Å². The Labute approximate surface area is 151 Å². The normalized spacial score (nSPS) is 17.4. The van der Waals surface area contributed by atoms with Crippen LogP contribution in [0.5, 0.6) is 0 Å². The van der Waals surface area contributed by atoms with Crippen molar-refractivity contribution in [2.45, 2.75) is 26.8 Å². The third-order valence-corrected chi connectivity index (χ3v) is 4.12. The molecule has 0 aromatic heterocycles. The molecule has 0 radical (unpaired) electrons. The van der Waals surface area contributed by atoms with Crippen LogP contribution in [-0.2, 0) is 14.3 Å². The molecular formula is C17H35N5O3. The van der Waals surface area contributed by atoms with E-state index in [9.17, 15) is 4.79 Å². The van der Waals surface area contributed by atoms with Crippen molar-refractivity contribution in [2.24, 2.45) is 10.9 Å². The Kier molecular flexibility index (Phi) is 11.2. The van der Waals surface area contributed by atoms with Crippen LogP contribution in [0, 0.1) is 5.92 Å². The van der Waals surface area contributed by atoms with E-state index in [1.165, 1.54) is 0 Å². The first-order valence-corrected chi connectivity index (χ1v) is 9.18. The lowest BCUT2D eigenvalue weighted by Crippen LogP contribution is -2.52. The van der Waals surface area contributed by atoms with E-state index in [0.717, 1.165) is 39.4 Å². The van der Waals surface area contributed by atoms with Crippen molar-refractivity contribution in [1.29, 1.82) is 0 Å². The van der Waals surface area contributed by atoms with Crippen LogP contribution >= 0.6 is 0 Å². The van der Waals surface area contributed by atoms with E-state index < -0.39 is 0 Å². The van der Waals surface area contributed by atoms with E-state index in [1.807, 2.05) is 6.92 Å². The maximum Gasteiger partial charge on any atom is 0.241 e. The fourth-order valence-electron chi connectivity index (χ4n) is 2.74. The fraction of sp³-hybridized carbons (Fsp3) is 0.882. The number of amides is 1. The van der Waals surface area contributed by atoms with Crippen LogP contribution in [0.1, 0.15) is 20.8 Å². The molecule has 0 bridgehead atoms. The molecule has 1 rings (SSSR count). The molecule has 0 aromatic carbocycles. The quantitative estimate of drug-likeness (QED) is 0.282. The van der Waals surface area contributed by atoms with E-state index >= 15 is 0 Å².